The van der Waals surface area contributed by atoms with Gasteiger partial charge in [-0.25, -0.2) is 0 Å². The zero-order valence-corrected chi connectivity index (χ0v) is 15.6. The third-order valence-electron chi connectivity index (χ3n) is 3.47. The highest BCUT2D eigenvalue weighted by Crippen LogP contribution is 2.30. The zero-order valence-electron chi connectivity index (χ0n) is 13.2. The van der Waals surface area contributed by atoms with Crippen molar-refractivity contribution in [3.8, 4) is 10.8 Å². The van der Waals surface area contributed by atoms with E-state index in [4.69, 9.17) is 4.42 Å². The number of nitrogens with one attached hydrogen (secondary N) is 1. The molecule has 1 aromatic carbocycles. The maximum atomic E-state index is 12.1. The molecule has 0 atom stereocenters. The third-order valence-corrected chi connectivity index (χ3v) is 5.08. The second-order valence-corrected chi connectivity index (χ2v) is 8.10. The van der Waals surface area contributed by atoms with Crippen molar-refractivity contribution in [3.63, 3.8) is 0 Å². The quantitative estimate of drug-likeness (QED) is 0.657. The first-order chi connectivity index (χ1) is 11.5. The predicted octanol–water partition coefficient (Wildman–Crippen LogP) is 4.87. The molecule has 0 aliphatic rings. The molecular formula is C17H16BrN3O2S. The van der Waals surface area contributed by atoms with Crippen LogP contribution < -0.4 is 5.32 Å². The van der Waals surface area contributed by atoms with E-state index in [1.54, 1.807) is 0 Å². The lowest BCUT2D eigenvalue weighted by Crippen LogP contribution is -2.14. The molecule has 5 nitrogen and oxygen atoms in total. The number of aromatic nitrogens is 2. The minimum Gasteiger partial charge on any atom is -0.402 e. The fraction of sp³-hybridized carbons (Fsp3) is 0.235. The first-order valence-corrected chi connectivity index (χ1v) is 9.10. The summed E-state index contributed by atoms with van der Waals surface area (Å²) in [5.41, 5.74) is 2.20. The highest BCUT2D eigenvalue weighted by atomic mass is 79.9. The number of carbonyl (C=O) groups excluding carboxylic acids is 1. The van der Waals surface area contributed by atoms with Crippen LogP contribution in [0.15, 0.2) is 44.6 Å². The van der Waals surface area contributed by atoms with Crippen LogP contribution in [0.3, 0.4) is 0 Å². The van der Waals surface area contributed by atoms with E-state index in [9.17, 15) is 4.79 Å². The normalized spacial score (nSPS) is 11.0. The van der Waals surface area contributed by atoms with Gasteiger partial charge in [0.25, 0.3) is 5.89 Å². The molecule has 2 heterocycles. The summed E-state index contributed by atoms with van der Waals surface area (Å²) in [6.45, 7) is 4.28. The van der Waals surface area contributed by atoms with Crippen molar-refractivity contribution in [2.24, 2.45) is 0 Å². The van der Waals surface area contributed by atoms with E-state index in [0.29, 0.717) is 11.8 Å². The van der Waals surface area contributed by atoms with Gasteiger partial charge >= 0.3 is 6.01 Å². The van der Waals surface area contributed by atoms with Gasteiger partial charge in [0.2, 0.25) is 5.91 Å². The van der Waals surface area contributed by atoms with E-state index in [1.807, 2.05) is 36.4 Å². The van der Waals surface area contributed by atoms with Gasteiger partial charge in [0.05, 0.1) is 15.1 Å². The van der Waals surface area contributed by atoms with E-state index in [0.717, 1.165) is 14.2 Å². The van der Waals surface area contributed by atoms with Gasteiger partial charge in [0.1, 0.15) is 0 Å². The topological polar surface area (TPSA) is 68.0 Å². The second kappa shape index (κ2) is 7.27. The molecule has 0 fully saturated rings. The van der Waals surface area contributed by atoms with Crippen LogP contribution in [0.5, 0.6) is 0 Å². The van der Waals surface area contributed by atoms with Crippen LogP contribution in [0.2, 0.25) is 0 Å². The second-order valence-electron chi connectivity index (χ2n) is 5.64. The largest absolute Gasteiger partial charge is 0.402 e. The molecule has 1 amide bonds. The Morgan fingerprint density at radius 1 is 1.21 bits per heavy atom. The Balaban J connectivity index is 1.62. The van der Waals surface area contributed by atoms with Gasteiger partial charge in [-0.15, -0.1) is 16.4 Å². The number of hydrogen-bond acceptors (Lipinski definition) is 5. The van der Waals surface area contributed by atoms with Crippen molar-refractivity contribution >= 4 is 39.2 Å². The molecule has 0 saturated carbocycles. The van der Waals surface area contributed by atoms with Crippen molar-refractivity contribution in [1.29, 1.82) is 0 Å². The first kappa shape index (κ1) is 16.9. The molecule has 0 bridgehead atoms. The van der Waals surface area contributed by atoms with Gasteiger partial charge < -0.3 is 4.42 Å². The summed E-state index contributed by atoms with van der Waals surface area (Å²) in [5, 5.41) is 10.5. The minimum absolute atomic E-state index is 0.110. The molecule has 0 unspecified atom stereocenters. The average molecular weight is 406 g/mol. The summed E-state index contributed by atoms with van der Waals surface area (Å²) in [5.74, 6) is 0.680. The van der Waals surface area contributed by atoms with Crippen molar-refractivity contribution < 1.29 is 9.21 Å². The Bertz CT molecular complexity index is 840. The van der Waals surface area contributed by atoms with Crippen molar-refractivity contribution in [3.05, 3.63) is 51.3 Å². The lowest BCUT2D eigenvalue weighted by molar-refractivity contribution is -0.115. The Morgan fingerprint density at radius 3 is 2.58 bits per heavy atom. The summed E-state index contributed by atoms with van der Waals surface area (Å²) in [7, 11) is 0. The molecule has 0 aliphatic carbocycles. The molecule has 124 valence electrons. The number of rotatable bonds is 5. The minimum atomic E-state index is -0.185. The number of thiophene rings is 1. The van der Waals surface area contributed by atoms with Crippen molar-refractivity contribution in [2.75, 3.05) is 5.32 Å². The van der Waals surface area contributed by atoms with E-state index < -0.39 is 0 Å². The number of halogens is 1. The Kier molecular flexibility index (Phi) is 5.11. The number of hydrogen-bond donors (Lipinski definition) is 1. The summed E-state index contributed by atoms with van der Waals surface area (Å²) in [6, 6.07) is 11.9. The average Bonchev–Trinajstić information content (AvgIpc) is 3.16. The number of carbonyl (C=O) groups is 1. The lowest BCUT2D eigenvalue weighted by atomic mass is 10.0. The summed E-state index contributed by atoms with van der Waals surface area (Å²) < 4.78 is 6.46. The van der Waals surface area contributed by atoms with Crippen LogP contribution >= 0.6 is 27.3 Å². The molecule has 0 aliphatic heterocycles. The molecule has 3 rings (SSSR count). The summed E-state index contributed by atoms with van der Waals surface area (Å²) in [4.78, 5) is 13.0. The van der Waals surface area contributed by atoms with Crippen LogP contribution in [-0.2, 0) is 11.2 Å². The van der Waals surface area contributed by atoms with Crippen LogP contribution in [0.1, 0.15) is 30.9 Å². The highest BCUT2D eigenvalue weighted by Gasteiger charge is 2.13. The Labute approximate surface area is 152 Å². The maximum Gasteiger partial charge on any atom is 0.322 e. The molecule has 24 heavy (non-hydrogen) atoms. The predicted molar refractivity (Wildman–Crippen MR) is 98.2 cm³/mol. The van der Waals surface area contributed by atoms with E-state index >= 15 is 0 Å². The maximum absolute atomic E-state index is 12.1. The molecule has 7 heteroatoms. The van der Waals surface area contributed by atoms with Gasteiger partial charge in [-0.05, 0) is 45.1 Å². The van der Waals surface area contributed by atoms with E-state index in [1.165, 1.54) is 16.9 Å². The third kappa shape index (κ3) is 4.10. The van der Waals surface area contributed by atoms with Crippen molar-refractivity contribution in [1.82, 2.24) is 10.2 Å². The van der Waals surface area contributed by atoms with Crippen LogP contribution in [0.25, 0.3) is 10.8 Å². The first-order valence-electron chi connectivity index (χ1n) is 7.49. The molecule has 0 saturated heterocycles. The fourth-order valence-corrected chi connectivity index (χ4v) is 3.48. The Hall–Kier alpha value is -1.99. The number of amides is 1. The highest BCUT2D eigenvalue weighted by molar-refractivity contribution is 9.11. The van der Waals surface area contributed by atoms with Gasteiger partial charge in [-0.1, -0.05) is 43.2 Å². The van der Waals surface area contributed by atoms with E-state index in [-0.39, 0.29) is 18.3 Å². The molecule has 0 spiro atoms. The van der Waals surface area contributed by atoms with Crippen LogP contribution in [0, 0.1) is 0 Å². The Morgan fingerprint density at radius 2 is 1.96 bits per heavy atom. The summed E-state index contributed by atoms with van der Waals surface area (Å²) >= 11 is 4.87. The molecular weight excluding hydrogens is 390 g/mol. The van der Waals surface area contributed by atoms with Crippen molar-refractivity contribution in [2.45, 2.75) is 26.2 Å². The standard InChI is InChI=1S/C17H16BrN3O2S/c1-10(2)12-5-3-11(4-6-12)9-15(22)19-17-21-20-16(23-17)13-7-8-14(18)24-13/h3-8,10H,9H2,1-2H3,(H,19,21,22). The summed E-state index contributed by atoms with van der Waals surface area (Å²) in [6.07, 6.45) is 0.265. The van der Waals surface area contributed by atoms with Gasteiger partial charge in [-0.2, -0.15) is 0 Å². The number of benzene rings is 1. The molecule has 2 aromatic heterocycles. The monoisotopic (exact) mass is 405 g/mol. The molecule has 1 N–H and O–H groups in total. The number of anilines is 1. The van der Waals surface area contributed by atoms with E-state index in [2.05, 4.69) is 45.3 Å². The SMILES string of the molecule is CC(C)c1ccc(CC(=O)Nc2nnc(-c3ccc(Br)s3)o2)cc1. The molecule has 0 radical (unpaired) electrons. The van der Waals surface area contributed by atoms with Gasteiger partial charge in [0, 0.05) is 0 Å². The van der Waals surface area contributed by atoms with Gasteiger partial charge in [0.15, 0.2) is 0 Å². The van der Waals surface area contributed by atoms with Crippen LogP contribution in [0.4, 0.5) is 6.01 Å². The van der Waals surface area contributed by atoms with Crippen LogP contribution in [-0.4, -0.2) is 16.1 Å². The van der Waals surface area contributed by atoms with Gasteiger partial charge in [-0.3, -0.25) is 10.1 Å². The zero-order chi connectivity index (χ0) is 17.1. The molecule has 3 aromatic rings. The number of nitrogens with zero attached hydrogens (tertiary/aromatic N) is 2. The fourth-order valence-electron chi connectivity index (χ4n) is 2.17. The lowest BCUT2D eigenvalue weighted by Gasteiger charge is -2.06. The smallest absolute Gasteiger partial charge is 0.322 e.